The van der Waals surface area contributed by atoms with E-state index in [-0.39, 0.29) is 19.3 Å². The van der Waals surface area contributed by atoms with Crippen molar-refractivity contribution < 1.29 is 75.8 Å². The molecule has 0 aromatic rings. The van der Waals surface area contributed by atoms with E-state index in [1.54, 1.807) is 0 Å². The molecule has 5 unspecified atom stereocenters. The van der Waals surface area contributed by atoms with Crippen molar-refractivity contribution in [2.45, 2.75) is 257 Å². The Bertz CT molecular complexity index is 2160. The zero-order valence-corrected chi connectivity index (χ0v) is 56.6. The molecule has 89 heavy (non-hydrogen) atoms. The summed E-state index contributed by atoms with van der Waals surface area (Å²) < 4.78 is 60.8. The number of esters is 3. The Balaban J connectivity index is 4.70. The molecule has 0 aliphatic carbocycles. The zero-order chi connectivity index (χ0) is 65.3. The SMILES string of the molecule is CC/C=C\C/C=C\C/C=C\C/C=C\C/C=C\CCCCCCCC(=O)OCC(O)COP(=O)(O)OCC(O)COP(=O)(O)OCC(COC(=O)CCCCCCCCC/C=C\C/C=C\C/C=C\CC)OC(=O)CCCCCCC/C=C\C/C=C\C/C=C\CC. The molecule has 4 N–H and O–H groups in total. The number of rotatable bonds is 62. The van der Waals surface area contributed by atoms with Crippen molar-refractivity contribution in [3.05, 3.63) is 134 Å². The lowest BCUT2D eigenvalue weighted by Crippen LogP contribution is -2.30. The Labute approximate surface area is 537 Å². The number of phosphoric ester groups is 2. The fraction of sp³-hybridized carbons (Fsp3) is 0.648. The Morgan fingerprint density at radius 2 is 0.562 bits per heavy atom. The summed E-state index contributed by atoms with van der Waals surface area (Å²) in [6, 6.07) is 0. The molecule has 0 aromatic carbocycles. The fourth-order valence-corrected chi connectivity index (χ4v) is 9.92. The van der Waals surface area contributed by atoms with Gasteiger partial charge in [-0.15, -0.1) is 0 Å². The van der Waals surface area contributed by atoms with Crippen molar-refractivity contribution in [3.8, 4) is 0 Å². The van der Waals surface area contributed by atoms with E-state index in [9.17, 15) is 43.5 Å². The molecule has 18 heteroatoms. The first-order valence-corrected chi connectivity index (χ1v) is 36.5. The van der Waals surface area contributed by atoms with Gasteiger partial charge in [0.1, 0.15) is 25.4 Å². The number of phosphoric acid groups is 2. The molecule has 16 nitrogen and oxygen atoms in total. The van der Waals surface area contributed by atoms with E-state index in [1.165, 1.54) is 0 Å². The third-order valence-electron chi connectivity index (χ3n) is 13.4. The van der Waals surface area contributed by atoms with Crippen LogP contribution >= 0.6 is 15.6 Å². The molecule has 0 rings (SSSR count). The molecule has 0 radical (unpaired) electrons. The maximum Gasteiger partial charge on any atom is 0.472 e. The van der Waals surface area contributed by atoms with Crippen LogP contribution in [0.2, 0.25) is 0 Å². The average molecular weight is 1290 g/mol. The van der Waals surface area contributed by atoms with Crippen LogP contribution in [0, 0.1) is 0 Å². The summed E-state index contributed by atoms with van der Waals surface area (Å²) in [4.78, 5) is 58.4. The van der Waals surface area contributed by atoms with Gasteiger partial charge in [0, 0.05) is 19.3 Å². The van der Waals surface area contributed by atoms with Gasteiger partial charge >= 0.3 is 33.6 Å². The molecule has 508 valence electrons. The molecular weight excluding hydrogens is 1170 g/mol. The molecule has 0 bridgehead atoms. The second kappa shape index (κ2) is 63.8. The molecule has 5 atom stereocenters. The molecule has 0 saturated heterocycles. The van der Waals surface area contributed by atoms with Crippen molar-refractivity contribution in [2.75, 3.05) is 39.6 Å². The number of allylic oxidation sites excluding steroid dienone is 22. The first-order valence-electron chi connectivity index (χ1n) is 33.5. The van der Waals surface area contributed by atoms with Crippen molar-refractivity contribution >= 4 is 33.6 Å². The van der Waals surface area contributed by atoms with Gasteiger partial charge in [0.25, 0.3) is 0 Å². The lowest BCUT2D eigenvalue weighted by Gasteiger charge is -2.21. The van der Waals surface area contributed by atoms with Crippen molar-refractivity contribution in [1.29, 1.82) is 0 Å². The molecule has 0 fully saturated rings. The standard InChI is InChI=1S/C71H118O16P2/c1-4-7-10-13-16-19-22-25-28-30-31-32-33-35-38-39-42-45-48-51-54-57-69(74)81-60-66(72)61-83-88(77,78)84-62-67(73)63-85-89(79,80)86-65-68(87-71(76)59-56-53-50-47-44-41-36-27-24-21-18-15-12-9-6-3)64-82-70(75)58-55-52-49-46-43-40-37-34-29-26-23-20-17-14-11-8-5-2/h7-12,16-21,25-29,31-32,35-36,38,66-68,72-73H,4-6,13-15,22-24,30,33-34,37,39-65H2,1-3H3,(H,77,78)(H,79,80)/b10-7-,11-8-,12-9-,19-16-,20-17-,21-18-,28-25-,29-26-,32-31-,36-27-,38-35-. The summed E-state index contributed by atoms with van der Waals surface area (Å²) in [5.41, 5.74) is 0. The second-order valence-electron chi connectivity index (χ2n) is 21.8. The Morgan fingerprint density at radius 1 is 0.315 bits per heavy atom. The molecule has 0 aliphatic heterocycles. The first-order chi connectivity index (χ1) is 43.2. The third kappa shape index (κ3) is 65.0. The number of hydrogen-bond acceptors (Lipinski definition) is 14. The maximum atomic E-state index is 12.9. The van der Waals surface area contributed by atoms with Crippen LogP contribution in [0.3, 0.4) is 0 Å². The molecule has 0 spiro atoms. The van der Waals surface area contributed by atoms with Crippen LogP contribution in [-0.4, -0.2) is 95.9 Å². The van der Waals surface area contributed by atoms with Crippen LogP contribution < -0.4 is 0 Å². The minimum absolute atomic E-state index is 0.0785. The van der Waals surface area contributed by atoms with Crippen molar-refractivity contribution in [2.24, 2.45) is 0 Å². The van der Waals surface area contributed by atoms with Crippen LogP contribution in [-0.2, 0) is 55.8 Å². The van der Waals surface area contributed by atoms with Gasteiger partial charge in [-0.1, -0.05) is 225 Å². The summed E-state index contributed by atoms with van der Waals surface area (Å²) in [5, 5.41) is 20.5. The zero-order valence-electron chi connectivity index (χ0n) is 54.8. The highest BCUT2D eigenvalue weighted by atomic mass is 31.2. The Kier molecular flexibility index (Phi) is 60.7. The van der Waals surface area contributed by atoms with Gasteiger partial charge in [0.15, 0.2) is 6.10 Å². The summed E-state index contributed by atoms with van der Waals surface area (Å²) in [6.07, 6.45) is 73.6. The third-order valence-corrected chi connectivity index (χ3v) is 15.3. The van der Waals surface area contributed by atoms with E-state index in [4.69, 9.17) is 32.3 Å². The van der Waals surface area contributed by atoms with Gasteiger partial charge in [-0.2, -0.15) is 0 Å². The van der Waals surface area contributed by atoms with Crippen LogP contribution in [0.5, 0.6) is 0 Å². The number of ether oxygens (including phenoxy) is 3. The second-order valence-corrected chi connectivity index (χ2v) is 24.7. The van der Waals surface area contributed by atoms with Gasteiger partial charge in [0.2, 0.25) is 0 Å². The highest BCUT2D eigenvalue weighted by Crippen LogP contribution is 2.45. The lowest BCUT2D eigenvalue weighted by atomic mass is 10.1. The normalized spacial score (nSPS) is 15.1. The van der Waals surface area contributed by atoms with Gasteiger partial charge in [-0.05, 0) is 128 Å². The van der Waals surface area contributed by atoms with Crippen LogP contribution in [0.15, 0.2) is 134 Å². The molecular formula is C71H118O16P2. The number of aliphatic hydroxyl groups excluding tert-OH is 2. The molecule has 0 amide bonds. The molecule has 0 aliphatic rings. The van der Waals surface area contributed by atoms with E-state index in [2.05, 4.69) is 154 Å². The fourth-order valence-electron chi connectivity index (χ4n) is 8.33. The predicted molar refractivity (Wildman–Crippen MR) is 362 cm³/mol. The van der Waals surface area contributed by atoms with Crippen molar-refractivity contribution in [1.82, 2.24) is 0 Å². The summed E-state index contributed by atoms with van der Waals surface area (Å²) >= 11 is 0. The first kappa shape index (κ1) is 84.7. The largest absolute Gasteiger partial charge is 0.472 e. The minimum Gasteiger partial charge on any atom is -0.463 e. The smallest absolute Gasteiger partial charge is 0.463 e. The summed E-state index contributed by atoms with van der Waals surface area (Å²) in [6.45, 7) is 2.25. The van der Waals surface area contributed by atoms with Gasteiger partial charge in [-0.3, -0.25) is 32.5 Å². The molecule has 0 saturated carbocycles. The van der Waals surface area contributed by atoms with E-state index in [0.29, 0.717) is 19.3 Å². The molecule has 0 heterocycles. The number of aliphatic hydroxyl groups is 2. The number of carbonyl (C=O) groups is 3. The van der Waals surface area contributed by atoms with E-state index >= 15 is 0 Å². The quantitative estimate of drug-likeness (QED) is 0.0146. The maximum absolute atomic E-state index is 12.9. The van der Waals surface area contributed by atoms with E-state index in [1.807, 2.05) is 0 Å². The van der Waals surface area contributed by atoms with Gasteiger partial charge < -0.3 is 34.2 Å². The number of hydrogen-bond donors (Lipinski definition) is 4. The van der Waals surface area contributed by atoms with Gasteiger partial charge in [-0.25, -0.2) is 9.13 Å². The Morgan fingerprint density at radius 3 is 0.888 bits per heavy atom. The van der Waals surface area contributed by atoms with Gasteiger partial charge in [0.05, 0.1) is 26.4 Å². The predicted octanol–water partition coefficient (Wildman–Crippen LogP) is 18.4. The van der Waals surface area contributed by atoms with Crippen LogP contribution in [0.4, 0.5) is 0 Å². The van der Waals surface area contributed by atoms with Crippen LogP contribution in [0.25, 0.3) is 0 Å². The van der Waals surface area contributed by atoms with Crippen molar-refractivity contribution in [3.63, 3.8) is 0 Å². The lowest BCUT2D eigenvalue weighted by molar-refractivity contribution is -0.161. The highest BCUT2D eigenvalue weighted by molar-refractivity contribution is 7.47. The molecule has 0 aromatic heterocycles. The van der Waals surface area contributed by atoms with E-state index < -0.39 is 91.5 Å². The van der Waals surface area contributed by atoms with E-state index in [0.717, 1.165) is 180 Å². The number of carbonyl (C=O) groups excluding carboxylic acids is 3. The summed E-state index contributed by atoms with van der Waals surface area (Å²) in [5.74, 6) is -1.63. The monoisotopic (exact) mass is 1290 g/mol. The summed E-state index contributed by atoms with van der Waals surface area (Å²) in [7, 11) is -9.80. The minimum atomic E-state index is -4.94. The highest BCUT2D eigenvalue weighted by Gasteiger charge is 2.29. The Hall–Kier alpha value is -4.31. The average Bonchev–Trinajstić information content (AvgIpc) is 3.63. The topological polar surface area (TPSA) is 231 Å². The number of unbranched alkanes of at least 4 members (excludes halogenated alkanes) is 17. The van der Waals surface area contributed by atoms with Crippen LogP contribution in [0.1, 0.15) is 239 Å².